The minimum absolute atomic E-state index is 0.212. The lowest BCUT2D eigenvalue weighted by Crippen LogP contribution is -2.25. The summed E-state index contributed by atoms with van der Waals surface area (Å²) >= 11 is 0. The van der Waals surface area contributed by atoms with E-state index in [1.165, 1.54) is 0 Å². The number of hydrogen-bond donors (Lipinski definition) is 0. The van der Waals surface area contributed by atoms with Crippen molar-refractivity contribution in [2.75, 3.05) is 0 Å². The van der Waals surface area contributed by atoms with Crippen LogP contribution in [0.1, 0.15) is 64.2 Å². The minimum Gasteiger partial charge on any atom is -0.332 e. The lowest BCUT2D eigenvalue weighted by atomic mass is 9.99. The van der Waals surface area contributed by atoms with Crippen molar-refractivity contribution in [3.05, 3.63) is 95.6 Å². The van der Waals surface area contributed by atoms with Gasteiger partial charge >= 0.3 is 0 Å². The van der Waals surface area contributed by atoms with Gasteiger partial charge < -0.3 is 9.78 Å². The molecule has 0 bridgehead atoms. The molecule has 0 aliphatic heterocycles. The third-order valence-electron chi connectivity index (χ3n) is 5.24. The van der Waals surface area contributed by atoms with Crippen LogP contribution in [0.15, 0.2) is 78.9 Å². The van der Waals surface area contributed by atoms with Crippen LogP contribution in [-0.4, -0.2) is 0 Å². The van der Waals surface area contributed by atoms with Gasteiger partial charge in [0.25, 0.3) is 0 Å². The lowest BCUT2D eigenvalue weighted by molar-refractivity contribution is -0.304. The molecule has 0 saturated carbocycles. The molecule has 3 aromatic carbocycles. The summed E-state index contributed by atoms with van der Waals surface area (Å²) in [5.41, 5.74) is 1.71. The number of rotatable bonds is 9. The Balaban J connectivity index is 1.82. The average molecular weight is 421 g/mol. The highest BCUT2D eigenvalue weighted by Gasteiger charge is 2.28. The molecular formula is C27H32O4. The third-order valence-corrected chi connectivity index (χ3v) is 5.24. The van der Waals surface area contributed by atoms with Crippen molar-refractivity contribution < 1.29 is 19.6 Å². The van der Waals surface area contributed by atoms with Gasteiger partial charge in [0.05, 0.1) is 0 Å². The first-order valence-electron chi connectivity index (χ1n) is 10.7. The minimum atomic E-state index is -0.646. The number of benzene rings is 3. The third kappa shape index (κ3) is 5.66. The Morgan fingerprint density at radius 1 is 0.581 bits per heavy atom. The van der Waals surface area contributed by atoms with Crippen LogP contribution in [0.4, 0.5) is 0 Å². The molecule has 4 heteroatoms. The molecule has 0 aliphatic carbocycles. The highest BCUT2D eigenvalue weighted by atomic mass is 17.2. The van der Waals surface area contributed by atoms with Gasteiger partial charge in [-0.2, -0.15) is 9.78 Å². The van der Waals surface area contributed by atoms with E-state index in [1.54, 1.807) is 0 Å². The van der Waals surface area contributed by atoms with Crippen LogP contribution in [0.3, 0.4) is 0 Å². The molecule has 0 saturated heterocycles. The van der Waals surface area contributed by atoms with Gasteiger partial charge in [0.2, 0.25) is 11.5 Å². The molecule has 0 aromatic heterocycles. The van der Waals surface area contributed by atoms with E-state index in [0.29, 0.717) is 11.5 Å². The van der Waals surface area contributed by atoms with Gasteiger partial charge in [0, 0.05) is 5.56 Å². The Bertz CT molecular complexity index is 963. The number of hydrogen-bond acceptors (Lipinski definition) is 4. The van der Waals surface area contributed by atoms with Crippen LogP contribution in [0, 0.1) is 0 Å². The molecule has 3 aromatic rings. The van der Waals surface area contributed by atoms with Crippen LogP contribution >= 0.6 is 0 Å². The predicted molar refractivity (Wildman–Crippen MR) is 123 cm³/mol. The summed E-state index contributed by atoms with van der Waals surface area (Å²) in [7, 11) is 0. The summed E-state index contributed by atoms with van der Waals surface area (Å²) in [5.74, 6) is 1.20. The van der Waals surface area contributed by atoms with Crippen LogP contribution in [0.25, 0.3) is 0 Å². The molecule has 0 N–H and O–H groups in total. The van der Waals surface area contributed by atoms with Crippen molar-refractivity contribution in [1.29, 1.82) is 0 Å². The van der Waals surface area contributed by atoms with Crippen molar-refractivity contribution in [1.82, 2.24) is 0 Å². The Morgan fingerprint density at radius 2 is 1.06 bits per heavy atom. The van der Waals surface area contributed by atoms with Crippen molar-refractivity contribution in [2.24, 2.45) is 0 Å². The summed E-state index contributed by atoms with van der Waals surface area (Å²) in [6.07, 6.45) is 0. The fourth-order valence-corrected chi connectivity index (χ4v) is 3.21. The summed E-state index contributed by atoms with van der Waals surface area (Å²) in [6, 6.07) is 25.7. The van der Waals surface area contributed by atoms with Crippen molar-refractivity contribution in [3.8, 4) is 11.5 Å². The monoisotopic (exact) mass is 420 g/mol. The van der Waals surface area contributed by atoms with Gasteiger partial charge in [0.1, 0.15) is 11.2 Å². The molecule has 164 valence electrons. The van der Waals surface area contributed by atoms with E-state index in [9.17, 15) is 0 Å². The molecule has 3 rings (SSSR count). The smallest absolute Gasteiger partial charge is 0.214 e. The largest absolute Gasteiger partial charge is 0.332 e. The van der Waals surface area contributed by atoms with Crippen LogP contribution in [0.5, 0.6) is 11.5 Å². The van der Waals surface area contributed by atoms with Gasteiger partial charge in [-0.05, 0) is 50.8 Å². The summed E-state index contributed by atoms with van der Waals surface area (Å²) in [5, 5.41) is 0. The predicted octanol–water partition coefficient (Wildman–Crippen LogP) is 7.30. The van der Waals surface area contributed by atoms with Gasteiger partial charge in [-0.15, -0.1) is 0 Å². The summed E-state index contributed by atoms with van der Waals surface area (Å²) in [4.78, 5) is 23.5. The highest BCUT2D eigenvalue weighted by molar-refractivity contribution is 5.47. The lowest BCUT2D eigenvalue weighted by Gasteiger charge is -2.27. The van der Waals surface area contributed by atoms with E-state index in [1.807, 2.05) is 107 Å². The van der Waals surface area contributed by atoms with E-state index < -0.39 is 11.2 Å². The van der Waals surface area contributed by atoms with E-state index in [0.717, 1.165) is 16.7 Å². The molecular weight excluding hydrogens is 388 g/mol. The van der Waals surface area contributed by atoms with Crippen LogP contribution in [0.2, 0.25) is 0 Å². The second-order valence-electron chi connectivity index (χ2n) is 8.92. The first kappa shape index (κ1) is 22.9. The normalized spacial score (nSPS) is 12.1. The van der Waals surface area contributed by atoms with Gasteiger partial charge in [0.15, 0.2) is 0 Å². The maximum absolute atomic E-state index is 5.91. The van der Waals surface area contributed by atoms with E-state index in [4.69, 9.17) is 19.6 Å². The molecule has 4 nitrogen and oxygen atoms in total. The molecule has 0 spiro atoms. The van der Waals surface area contributed by atoms with Crippen LogP contribution < -0.4 is 9.78 Å². The summed E-state index contributed by atoms with van der Waals surface area (Å²) < 4.78 is 0. The van der Waals surface area contributed by atoms with E-state index in [2.05, 4.69) is 13.8 Å². The van der Waals surface area contributed by atoms with Gasteiger partial charge in [-0.3, -0.25) is 0 Å². The average Bonchev–Trinajstić information content (AvgIpc) is 2.77. The van der Waals surface area contributed by atoms with Crippen molar-refractivity contribution in [3.63, 3.8) is 0 Å². The molecule has 0 fully saturated rings. The first-order chi connectivity index (χ1) is 14.7. The zero-order chi connectivity index (χ0) is 22.5. The molecule has 0 atom stereocenters. The molecule has 0 amide bonds. The quantitative estimate of drug-likeness (QED) is 0.269. The topological polar surface area (TPSA) is 36.9 Å². The zero-order valence-electron chi connectivity index (χ0n) is 19.2. The Hall–Kier alpha value is -2.82. The van der Waals surface area contributed by atoms with Gasteiger partial charge in [-0.1, -0.05) is 86.6 Å². The van der Waals surface area contributed by atoms with E-state index >= 15 is 0 Å². The van der Waals surface area contributed by atoms with Crippen molar-refractivity contribution in [2.45, 2.75) is 58.7 Å². The maximum Gasteiger partial charge on any atom is 0.214 e. The fraction of sp³-hybridized carbons (Fsp3) is 0.333. The summed E-state index contributed by atoms with van der Waals surface area (Å²) in [6.45, 7) is 12.1. The zero-order valence-corrected chi connectivity index (χ0v) is 19.2. The standard InChI is InChI=1S/C27H32O4/c1-20(2)23-18-13-19-24(28-30-26(3,4)21-14-9-7-10-15-21)25(23)29-31-27(5,6)22-16-11-8-12-17-22/h7-20H,1-6H3. The molecule has 0 unspecified atom stereocenters. The molecule has 0 heterocycles. The fourth-order valence-electron chi connectivity index (χ4n) is 3.21. The van der Waals surface area contributed by atoms with Crippen LogP contribution in [-0.2, 0) is 21.0 Å². The second-order valence-corrected chi connectivity index (χ2v) is 8.92. The SMILES string of the molecule is CC(C)c1cccc(OOC(C)(C)c2ccccc2)c1OOC(C)(C)c1ccccc1. The Morgan fingerprint density at radius 3 is 1.55 bits per heavy atom. The maximum atomic E-state index is 5.91. The Labute approximate surface area is 185 Å². The molecule has 31 heavy (non-hydrogen) atoms. The second kappa shape index (κ2) is 9.54. The number of para-hydroxylation sites is 1. The first-order valence-corrected chi connectivity index (χ1v) is 10.7. The van der Waals surface area contributed by atoms with Crippen molar-refractivity contribution >= 4 is 0 Å². The van der Waals surface area contributed by atoms with E-state index in [-0.39, 0.29) is 5.92 Å². The highest BCUT2D eigenvalue weighted by Crippen LogP contribution is 2.39. The van der Waals surface area contributed by atoms with Gasteiger partial charge in [-0.25, -0.2) is 0 Å². The molecule has 0 radical (unpaired) electrons. The molecule has 0 aliphatic rings. The Kier molecular flexibility index (Phi) is 7.04.